The Morgan fingerprint density at radius 3 is 2.80 bits per heavy atom. The first kappa shape index (κ1) is 13.1. The van der Waals surface area contributed by atoms with E-state index in [9.17, 15) is 0 Å². The number of nitrogens with one attached hydrogen (secondary N) is 1. The number of nitrogens with zero attached hydrogens (tertiary/aromatic N) is 5. The first-order valence-electron chi connectivity index (χ1n) is 7.48. The van der Waals surface area contributed by atoms with Crippen LogP contribution in [0.1, 0.15) is 32.6 Å². The maximum atomic E-state index is 4.72. The maximum absolute atomic E-state index is 4.72. The van der Waals surface area contributed by atoms with Crippen molar-refractivity contribution in [1.82, 2.24) is 19.7 Å². The molecule has 6 nitrogen and oxygen atoms in total. The van der Waals surface area contributed by atoms with E-state index in [-0.39, 0.29) is 0 Å². The van der Waals surface area contributed by atoms with Crippen LogP contribution in [-0.4, -0.2) is 39.4 Å². The third-order valence-electron chi connectivity index (χ3n) is 3.79. The summed E-state index contributed by atoms with van der Waals surface area (Å²) in [5, 5.41) is 8.71. The Bertz CT molecular complexity index is 585. The molecule has 2 aromatic heterocycles. The van der Waals surface area contributed by atoms with Crippen molar-refractivity contribution in [2.45, 2.75) is 32.6 Å². The van der Waals surface area contributed by atoms with Gasteiger partial charge < -0.3 is 10.2 Å². The molecule has 0 atom stereocenters. The molecule has 6 heteroatoms. The molecular formula is C14H22N6. The molecule has 1 N–H and O–H groups in total. The summed E-state index contributed by atoms with van der Waals surface area (Å²) >= 11 is 0. The SMILES string of the molecule is CCCCNc1nc(N2CCCC2)c2cnn(C)c2n1. The molecule has 1 fully saturated rings. The van der Waals surface area contributed by atoms with Crippen LogP contribution in [0.3, 0.4) is 0 Å². The Morgan fingerprint density at radius 1 is 1.25 bits per heavy atom. The minimum atomic E-state index is 0.719. The van der Waals surface area contributed by atoms with E-state index >= 15 is 0 Å². The van der Waals surface area contributed by atoms with Gasteiger partial charge in [0.1, 0.15) is 5.82 Å². The highest BCUT2D eigenvalue weighted by Gasteiger charge is 2.19. The summed E-state index contributed by atoms with van der Waals surface area (Å²) in [7, 11) is 1.93. The third-order valence-corrected chi connectivity index (χ3v) is 3.79. The highest BCUT2D eigenvalue weighted by atomic mass is 15.3. The lowest BCUT2D eigenvalue weighted by Gasteiger charge is -2.18. The van der Waals surface area contributed by atoms with Gasteiger partial charge in [0.25, 0.3) is 0 Å². The number of hydrogen-bond acceptors (Lipinski definition) is 5. The van der Waals surface area contributed by atoms with Crippen LogP contribution in [0.5, 0.6) is 0 Å². The van der Waals surface area contributed by atoms with Crippen molar-refractivity contribution in [1.29, 1.82) is 0 Å². The largest absolute Gasteiger partial charge is 0.356 e. The number of anilines is 2. The Morgan fingerprint density at radius 2 is 2.05 bits per heavy atom. The average molecular weight is 274 g/mol. The summed E-state index contributed by atoms with van der Waals surface area (Å²) < 4.78 is 1.82. The summed E-state index contributed by atoms with van der Waals surface area (Å²) in [5.41, 5.74) is 0.904. The Labute approximate surface area is 119 Å². The van der Waals surface area contributed by atoms with E-state index in [0.717, 1.165) is 48.9 Å². The monoisotopic (exact) mass is 274 g/mol. The van der Waals surface area contributed by atoms with Crippen molar-refractivity contribution < 1.29 is 0 Å². The fourth-order valence-electron chi connectivity index (χ4n) is 2.63. The van der Waals surface area contributed by atoms with Gasteiger partial charge >= 0.3 is 0 Å². The van der Waals surface area contributed by atoms with E-state index in [2.05, 4.69) is 27.2 Å². The van der Waals surface area contributed by atoms with Gasteiger partial charge in [0.05, 0.1) is 11.6 Å². The normalized spacial score (nSPS) is 15.2. The molecule has 3 rings (SSSR count). The fourth-order valence-corrected chi connectivity index (χ4v) is 2.63. The second kappa shape index (κ2) is 5.64. The van der Waals surface area contributed by atoms with E-state index in [4.69, 9.17) is 4.98 Å². The quantitative estimate of drug-likeness (QED) is 0.847. The van der Waals surface area contributed by atoms with Gasteiger partial charge in [-0.25, -0.2) is 0 Å². The molecule has 1 saturated heterocycles. The van der Waals surface area contributed by atoms with Crippen molar-refractivity contribution in [3.8, 4) is 0 Å². The predicted molar refractivity (Wildman–Crippen MR) is 81.1 cm³/mol. The van der Waals surface area contributed by atoms with Crippen LogP contribution in [0.4, 0.5) is 11.8 Å². The first-order chi connectivity index (χ1) is 9.79. The molecule has 0 bridgehead atoms. The van der Waals surface area contributed by atoms with Gasteiger partial charge in [0, 0.05) is 26.7 Å². The number of hydrogen-bond donors (Lipinski definition) is 1. The molecular weight excluding hydrogens is 252 g/mol. The minimum Gasteiger partial charge on any atom is -0.356 e. The number of rotatable bonds is 5. The second-order valence-electron chi connectivity index (χ2n) is 5.35. The summed E-state index contributed by atoms with van der Waals surface area (Å²) in [6.07, 6.45) is 6.65. The van der Waals surface area contributed by atoms with E-state index < -0.39 is 0 Å². The van der Waals surface area contributed by atoms with Crippen molar-refractivity contribution in [3.05, 3.63) is 6.20 Å². The fraction of sp³-hybridized carbons (Fsp3) is 0.643. The molecule has 0 saturated carbocycles. The average Bonchev–Trinajstić information content (AvgIpc) is 3.09. The number of aryl methyl sites for hydroxylation is 1. The van der Waals surface area contributed by atoms with E-state index in [1.165, 1.54) is 19.3 Å². The molecule has 20 heavy (non-hydrogen) atoms. The third kappa shape index (κ3) is 2.42. The van der Waals surface area contributed by atoms with Gasteiger partial charge in [0.15, 0.2) is 5.65 Å². The van der Waals surface area contributed by atoms with Gasteiger partial charge in [-0.1, -0.05) is 13.3 Å². The summed E-state index contributed by atoms with van der Waals surface area (Å²) in [6, 6.07) is 0. The molecule has 0 spiro atoms. The molecule has 2 aromatic rings. The Hall–Kier alpha value is -1.85. The highest BCUT2D eigenvalue weighted by molar-refractivity contribution is 5.88. The van der Waals surface area contributed by atoms with Gasteiger partial charge in [0.2, 0.25) is 5.95 Å². The van der Waals surface area contributed by atoms with E-state index in [1.807, 2.05) is 17.9 Å². The van der Waals surface area contributed by atoms with Crippen molar-refractivity contribution in [3.63, 3.8) is 0 Å². The molecule has 0 amide bonds. The molecule has 0 aliphatic carbocycles. The standard InChI is InChI=1S/C14H22N6/c1-3-4-7-15-14-17-12-11(10-16-19(12)2)13(18-14)20-8-5-6-9-20/h10H,3-9H2,1-2H3,(H,15,17,18). The highest BCUT2D eigenvalue weighted by Crippen LogP contribution is 2.27. The lowest BCUT2D eigenvalue weighted by molar-refractivity contribution is 0.783. The number of fused-ring (bicyclic) bond motifs is 1. The van der Waals surface area contributed by atoms with Crippen LogP contribution in [-0.2, 0) is 7.05 Å². The zero-order valence-corrected chi connectivity index (χ0v) is 12.3. The Kier molecular flexibility index (Phi) is 3.71. The topological polar surface area (TPSA) is 58.9 Å². The van der Waals surface area contributed by atoms with Gasteiger partial charge in [-0.15, -0.1) is 0 Å². The Balaban J connectivity index is 1.97. The van der Waals surface area contributed by atoms with Crippen LogP contribution in [0.25, 0.3) is 11.0 Å². The van der Waals surface area contributed by atoms with Crippen LogP contribution >= 0.6 is 0 Å². The maximum Gasteiger partial charge on any atom is 0.226 e. The molecule has 0 unspecified atom stereocenters. The van der Waals surface area contributed by atoms with Gasteiger partial charge in [-0.3, -0.25) is 4.68 Å². The van der Waals surface area contributed by atoms with Crippen LogP contribution in [0.15, 0.2) is 6.20 Å². The molecule has 1 aliphatic heterocycles. The summed E-state index contributed by atoms with van der Waals surface area (Å²) in [4.78, 5) is 11.7. The van der Waals surface area contributed by atoms with Crippen LogP contribution in [0.2, 0.25) is 0 Å². The smallest absolute Gasteiger partial charge is 0.226 e. The molecule has 1 aliphatic rings. The molecule has 0 aromatic carbocycles. The van der Waals surface area contributed by atoms with Gasteiger partial charge in [-0.2, -0.15) is 15.1 Å². The predicted octanol–water partition coefficient (Wildman–Crippen LogP) is 2.18. The van der Waals surface area contributed by atoms with Crippen molar-refractivity contribution in [2.24, 2.45) is 7.05 Å². The molecule has 0 radical (unpaired) electrons. The summed E-state index contributed by atoms with van der Waals surface area (Å²) in [5.74, 6) is 1.75. The first-order valence-corrected chi connectivity index (χ1v) is 7.48. The lowest BCUT2D eigenvalue weighted by Crippen LogP contribution is -2.20. The van der Waals surface area contributed by atoms with Crippen molar-refractivity contribution in [2.75, 3.05) is 29.9 Å². The van der Waals surface area contributed by atoms with E-state index in [0.29, 0.717) is 0 Å². The van der Waals surface area contributed by atoms with Crippen LogP contribution < -0.4 is 10.2 Å². The zero-order valence-electron chi connectivity index (χ0n) is 12.3. The lowest BCUT2D eigenvalue weighted by atomic mass is 10.3. The summed E-state index contributed by atoms with van der Waals surface area (Å²) in [6.45, 7) is 5.26. The van der Waals surface area contributed by atoms with E-state index in [1.54, 1.807) is 0 Å². The second-order valence-corrected chi connectivity index (χ2v) is 5.35. The zero-order chi connectivity index (χ0) is 13.9. The number of unbranched alkanes of at least 4 members (excludes halogenated alkanes) is 1. The van der Waals surface area contributed by atoms with Gasteiger partial charge in [-0.05, 0) is 19.3 Å². The van der Waals surface area contributed by atoms with Crippen LogP contribution in [0, 0.1) is 0 Å². The van der Waals surface area contributed by atoms with Crippen molar-refractivity contribution >= 4 is 22.8 Å². The molecule has 108 valence electrons. The number of aromatic nitrogens is 4. The minimum absolute atomic E-state index is 0.719. The molecule has 3 heterocycles.